The summed E-state index contributed by atoms with van der Waals surface area (Å²) < 4.78 is 71.6. The molecule has 2 aromatic rings. The topological polar surface area (TPSA) is 72.4 Å². The van der Waals surface area contributed by atoms with E-state index in [9.17, 15) is 26.7 Å². The van der Waals surface area contributed by atoms with Gasteiger partial charge in [0.15, 0.2) is 6.04 Å². The summed E-state index contributed by atoms with van der Waals surface area (Å²) in [5, 5.41) is 3.97. The van der Waals surface area contributed by atoms with Gasteiger partial charge in [-0.2, -0.15) is 18.7 Å². The number of esters is 1. The third-order valence-corrected chi connectivity index (χ3v) is 5.74. The molecule has 1 heterocycles. The number of oxime groups is 1. The first-order chi connectivity index (χ1) is 16.9. The minimum absolute atomic E-state index is 0.0267. The zero-order chi connectivity index (χ0) is 26.7. The molecule has 7 nitrogen and oxygen atoms in total. The molecule has 0 radical (unpaired) electrons. The molecule has 1 fully saturated rings. The van der Waals surface area contributed by atoms with Crippen LogP contribution in [0, 0.1) is 6.92 Å². The fourth-order valence-electron chi connectivity index (χ4n) is 3.87. The van der Waals surface area contributed by atoms with Gasteiger partial charge >= 0.3 is 12.1 Å². The van der Waals surface area contributed by atoms with Crippen molar-refractivity contribution in [2.24, 2.45) is 5.16 Å². The SMILES string of the molecule is CONC(C(=O)OC)c1cccc(C)c1CO/N=C(\C)c1cc(C(F)(F)F)ccc1N1CC(F)(F)C1. The number of ether oxygens (including phenoxy) is 1. The van der Waals surface area contributed by atoms with Crippen LogP contribution >= 0.6 is 0 Å². The van der Waals surface area contributed by atoms with Crippen LogP contribution < -0.4 is 10.4 Å². The van der Waals surface area contributed by atoms with Crippen molar-refractivity contribution < 1.29 is 41.2 Å². The minimum atomic E-state index is -4.62. The Morgan fingerprint density at radius 2 is 1.89 bits per heavy atom. The number of nitrogens with one attached hydrogen (secondary N) is 1. The summed E-state index contributed by atoms with van der Waals surface area (Å²) in [6, 6.07) is 7.09. The summed E-state index contributed by atoms with van der Waals surface area (Å²) in [5.74, 6) is -3.52. The number of anilines is 1. The molecule has 1 aliphatic heterocycles. The Bertz CT molecular complexity index is 1130. The number of hydrogen-bond donors (Lipinski definition) is 1. The molecule has 1 aliphatic rings. The minimum Gasteiger partial charge on any atom is -0.468 e. The van der Waals surface area contributed by atoms with E-state index in [2.05, 4.69) is 10.6 Å². The van der Waals surface area contributed by atoms with Gasteiger partial charge in [-0.05, 0) is 43.2 Å². The van der Waals surface area contributed by atoms with Gasteiger partial charge in [-0.25, -0.2) is 13.6 Å². The molecule has 1 saturated heterocycles. The maximum atomic E-state index is 13.4. The van der Waals surface area contributed by atoms with Crippen molar-refractivity contribution in [3.63, 3.8) is 0 Å². The number of carbonyl (C=O) groups is 1. The fraction of sp³-hybridized carbons (Fsp3) is 0.417. The molecule has 2 aromatic carbocycles. The second-order valence-corrected chi connectivity index (χ2v) is 8.31. The predicted molar refractivity (Wildman–Crippen MR) is 122 cm³/mol. The van der Waals surface area contributed by atoms with Crippen molar-refractivity contribution >= 4 is 17.4 Å². The van der Waals surface area contributed by atoms with Gasteiger partial charge < -0.3 is 19.3 Å². The summed E-state index contributed by atoms with van der Waals surface area (Å²) in [6.07, 6.45) is -4.62. The molecule has 0 spiro atoms. The van der Waals surface area contributed by atoms with Crippen molar-refractivity contribution in [1.29, 1.82) is 0 Å². The Morgan fingerprint density at radius 3 is 2.47 bits per heavy atom. The van der Waals surface area contributed by atoms with Crippen LogP contribution in [0.1, 0.15) is 40.8 Å². The smallest absolute Gasteiger partial charge is 0.416 e. The number of methoxy groups -OCH3 is 1. The molecule has 1 N–H and O–H groups in total. The number of nitrogens with zero attached hydrogens (tertiary/aromatic N) is 2. The third-order valence-electron chi connectivity index (χ3n) is 5.74. The lowest BCUT2D eigenvalue weighted by Crippen LogP contribution is -2.56. The lowest BCUT2D eigenvalue weighted by atomic mass is 9.97. The normalized spacial score (nSPS) is 16.4. The number of rotatable bonds is 9. The highest BCUT2D eigenvalue weighted by atomic mass is 19.4. The van der Waals surface area contributed by atoms with E-state index in [1.165, 1.54) is 26.0 Å². The van der Waals surface area contributed by atoms with Gasteiger partial charge in [0.1, 0.15) is 6.61 Å². The molecule has 12 heteroatoms. The summed E-state index contributed by atoms with van der Waals surface area (Å²) in [7, 11) is 2.57. The second kappa shape index (κ2) is 10.8. The van der Waals surface area contributed by atoms with Crippen LogP contribution in [0.5, 0.6) is 0 Å². The Hall–Kier alpha value is -3.25. The zero-order valence-electron chi connectivity index (χ0n) is 20.1. The third kappa shape index (κ3) is 6.11. The molecule has 196 valence electrons. The van der Waals surface area contributed by atoms with E-state index in [0.29, 0.717) is 11.1 Å². The van der Waals surface area contributed by atoms with Gasteiger partial charge in [-0.15, -0.1) is 0 Å². The van der Waals surface area contributed by atoms with E-state index in [-0.39, 0.29) is 23.6 Å². The largest absolute Gasteiger partial charge is 0.468 e. The Morgan fingerprint density at radius 1 is 1.19 bits per heavy atom. The summed E-state index contributed by atoms with van der Waals surface area (Å²) >= 11 is 0. The number of aryl methyl sites for hydroxylation is 1. The standard InChI is InChI=1S/C24H26F5N3O4/c1-14-6-5-7-17(21(31-35-4)22(33)34-3)19(14)11-36-30-15(2)18-10-16(24(27,28)29)8-9-20(18)32-12-23(25,26)13-32/h5-10,21,31H,11-13H2,1-4H3/b30-15+. The number of benzene rings is 2. The van der Waals surface area contributed by atoms with Crippen LogP contribution in [0.3, 0.4) is 0 Å². The predicted octanol–water partition coefficient (Wildman–Crippen LogP) is 4.78. The van der Waals surface area contributed by atoms with E-state index in [0.717, 1.165) is 23.8 Å². The molecular formula is C24H26F5N3O4. The van der Waals surface area contributed by atoms with Gasteiger partial charge in [0, 0.05) is 16.8 Å². The Kier molecular flexibility index (Phi) is 8.19. The molecule has 0 saturated carbocycles. The summed E-state index contributed by atoms with van der Waals surface area (Å²) in [6.45, 7) is 1.88. The first-order valence-corrected chi connectivity index (χ1v) is 10.8. The first-order valence-electron chi connectivity index (χ1n) is 10.8. The first kappa shape index (κ1) is 27.3. The fourth-order valence-corrected chi connectivity index (χ4v) is 3.87. The number of hydrogen-bond acceptors (Lipinski definition) is 7. The van der Waals surface area contributed by atoms with E-state index in [4.69, 9.17) is 14.4 Å². The van der Waals surface area contributed by atoms with Crippen LogP contribution in [0.2, 0.25) is 0 Å². The van der Waals surface area contributed by atoms with Crippen LogP contribution in [-0.2, 0) is 32.0 Å². The quantitative estimate of drug-likeness (QED) is 0.225. The van der Waals surface area contributed by atoms with E-state index < -0.39 is 42.8 Å². The molecule has 3 rings (SSSR count). The zero-order valence-corrected chi connectivity index (χ0v) is 20.1. The van der Waals surface area contributed by atoms with Crippen LogP contribution in [-0.4, -0.2) is 44.9 Å². The lowest BCUT2D eigenvalue weighted by Gasteiger charge is -2.41. The van der Waals surface area contributed by atoms with Gasteiger partial charge in [-0.1, -0.05) is 23.4 Å². The van der Waals surface area contributed by atoms with Crippen molar-refractivity contribution in [2.45, 2.75) is 38.6 Å². The van der Waals surface area contributed by atoms with Gasteiger partial charge in [-0.3, -0.25) is 0 Å². The monoisotopic (exact) mass is 515 g/mol. The van der Waals surface area contributed by atoms with Crippen LogP contribution in [0.15, 0.2) is 41.6 Å². The summed E-state index contributed by atoms with van der Waals surface area (Å²) in [4.78, 5) is 23.9. The number of hydroxylamine groups is 1. The highest BCUT2D eigenvalue weighted by Crippen LogP contribution is 2.37. The number of carbonyl (C=O) groups excluding carboxylic acids is 1. The van der Waals surface area contributed by atoms with Crippen molar-refractivity contribution in [3.8, 4) is 0 Å². The average molecular weight is 515 g/mol. The average Bonchev–Trinajstić information content (AvgIpc) is 2.80. The van der Waals surface area contributed by atoms with Gasteiger partial charge in [0.2, 0.25) is 0 Å². The maximum Gasteiger partial charge on any atom is 0.416 e. The Balaban J connectivity index is 1.90. The summed E-state index contributed by atoms with van der Waals surface area (Å²) in [5.41, 5.74) is 3.77. The number of halogens is 5. The van der Waals surface area contributed by atoms with E-state index in [1.807, 2.05) is 0 Å². The van der Waals surface area contributed by atoms with Crippen LogP contribution in [0.4, 0.5) is 27.6 Å². The molecule has 1 unspecified atom stereocenters. The molecule has 0 aromatic heterocycles. The molecule has 36 heavy (non-hydrogen) atoms. The highest BCUT2D eigenvalue weighted by Gasteiger charge is 2.45. The Labute approximate surface area is 204 Å². The van der Waals surface area contributed by atoms with Crippen molar-refractivity contribution in [3.05, 3.63) is 64.2 Å². The van der Waals surface area contributed by atoms with Crippen LogP contribution in [0.25, 0.3) is 0 Å². The molecule has 1 atom stereocenters. The lowest BCUT2D eigenvalue weighted by molar-refractivity contribution is -0.147. The maximum absolute atomic E-state index is 13.4. The van der Waals surface area contributed by atoms with Gasteiger partial charge in [0.05, 0.1) is 38.6 Å². The van der Waals surface area contributed by atoms with Crippen molar-refractivity contribution in [1.82, 2.24) is 5.48 Å². The number of alkyl halides is 5. The highest BCUT2D eigenvalue weighted by molar-refractivity contribution is 6.03. The van der Waals surface area contributed by atoms with Gasteiger partial charge in [0.25, 0.3) is 5.92 Å². The molecule has 0 aliphatic carbocycles. The van der Waals surface area contributed by atoms with E-state index in [1.54, 1.807) is 25.1 Å². The van der Waals surface area contributed by atoms with Crippen molar-refractivity contribution in [2.75, 3.05) is 32.2 Å². The van der Waals surface area contributed by atoms with E-state index >= 15 is 0 Å². The molecule has 0 amide bonds. The molecule has 0 bridgehead atoms. The second-order valence-electron chi connectivity index (χ2n) is 8.31. The molecular weight excluding hydrogens is 489 g/mol.